The molecule has 35 heavy (non-hydrogen) atoms. The number of carbonyl (C=O) groups is 2. The minimum atomic E-state index is -4.33. The molecule has 188 valence electrons. The van der Waals surface area contributed by atoms with Gasteiger partial charge in [0.15, 0.2) is 0 Å². The van der Waals surface area contributed by atoms with Crippen LogP contribution < -0.4 is 0 Å². The van der Waals surface area contributed by atoms with Crippen LogP contribution in [0.15, 0.2) is 29.8 Å². The Bertz CT molecular complexity index is 1210. The molecule has 0 unspecified atom stereocenters. The van der Waals surface area contributed by atoms with Crippen LogP contribution in [-0.4, -0.2) is 43.3 Å². The largest absolute Gasteiger partial charge is 0.503 e. The number of hydrogen-bond donors (Lipinski definition) is 2. The Labute approximate surface area is 203 Å². The minimum Gasteiger partial charge on any atom is -0.450 e. The van der Waals surface area contributed by atoms with E-state index in [0.29, 0.717) is 31.6 Å². The van der Waals surface area contributed by atoms with Crippen molar-refractivity contribution in [3.8, 4) is 0 Å². The fourth-order valence-electron chi connectivity index (χ4n) is 4.54. The average molecular weight is 510 g/mol. The Morgan fingerprint density at radius 3 is 2.63 bits per heavy atom. The summed E-state index contributed by atoms with van der Waals surface area (Å²) in [6.07, 6.45) is 1.53. The van der Waals surface area contributed by atoms with Crippen LogP contribution in [0.2, 0.25) is 0 Å². The smallest absolute Gasteiger partial charge is 0.450 e. The highest BCUT2D eigenvalue weighted by Crippen LogP contribution is 2.36. The number of amides is 1. The van der Waals surface area contributed by atoms with Crippen molar-refractivity contribution in [3.05, 3.63) is 51.5 Å². The summed E-state index contributed by atoms with van der Waals surface area (Å²) >= 11 is 0.720. The van der Waals surface area contributed by atoms with Crippen LogP contribution in [0.4, 0.5) is 18.0 Å². The zero-order chi connectivity index (χ0) is 25.2. The van der Waals surface area contributed by atoms with Crippen molar-refractivity contribution in [2.24, 2.45) is 5.92 Å². The van der Waals surface area contributed by atoms with Crippen molar-refractivity contribution >= 4 is 34.4 Å². The predicted octanol–water partition coefficient (Wildman–Crippen LogP) is 5.85. The van der Waals surface area contributed by atoms with E-state index < -0.39 is 17.2 Å². The first-order chi connectivity index (χ1) is 16.6. The lowest BCUT2D eigenvalue weighted by Crippen LogP contribution is -2.36. The van der Waals surface area contributed by atoms with Gasteiger partial charge in [0.2, 0.25) is 5.91 Å². The van der Waals surface area contributed by atoms with Gasteiger partial charge in [0.1, 0.15) is 10.5 Å². The topological polar surface area (TPSA) is 95.7 Å². The lowest BCUT2D eigenvalue weighted by atomic mass is 10.0. The molecule has 1 aliphatic heterocycles. The fourth-order valence-corrected chi connectivity index (χ4v) is 5.31. The molecule has 0 spiro atoms. The molecule has 0 aromatic carbocycles. The summed E-state index contributed by atoms with van der Waals surface area (Å²) in [4.78, 5) is 27.2. The molecule has 2 N–H and O–H groups in total. The third kappa shape index (κ3) is 6.14. The first-order valence-electron chi connectivity index (χ1n) is 11.4. The molecule has 3 aromatic heterocycles. The highest BCUT2D eigenvalue weighted by molar-refractivity contribution is 7.10. The molecule has 0 bridgehead atoms. The molecule has 0 radical (unpaired) electrons. The average Bonchev–Trinajstić information content (AvgIpc) is 3.40. The van der Waals surface area contributed by atoms with Crippen molar-refractivity contribution < 1.29 is 33.0 Å². The Kier molecular flexibility index (Phi) is 7.34. The van der Waals surface area contributed by atoms with Crippen LogP contribution in [0.1, 0.15) is 53.8 Å². The van der Waals surface area contributed by atoms with Gasteiger partial charge in [0.25, 0.3) is 0 Å². The maximum absolute atomic E-state index is 13.0. The van der Waals surface area contributed by atoms with E-state index in [1.54, 1.807) is 11.6 Å². The van der Waals surface area contributed by atoms with E-state index in [-0.39, 0.29) is 5.91 Å². The van der Waals surface area contributed by atoms with Gasteiger partial charge in [-0.1, -0.05) is 12.8 Å². The fraction of sp³-hybridized carbons (Fsp3) is 0.458. The Balaban J connectivity index is 0.000000672. The van der Waals surface area contributed by atoms with Crippen molar-refractivity contribution in [2.45, 2.75) is 57.8 Å². The van der Waals surface area contributed by atoms with Crippen LogP contribution >= 0.6 is 11.3 Å². The van der Waals surface area contributed by atoms with Crippen molar-refractivity contribution in [1.82, 2.24) is 14.5 Å². The second kappa shape index (κ2) is 10.3. The van der Waals surface area contributed by atoms with Crippen LogP contribution in [0, 0.1) is 5.92 Å². The standard InChI is InChI=1S/C23H24F3N3OS.CH2O3/c24-23(25,26)20-11-16(14-31-20)12-29-19-13-28(21(30)5-1-3-15-6-7-15)10-8-17(19)18-4-2-9-27-22(18)29;2-1(3)4/h2,4,9,11,14-15H,1,3,5-8,10,12-13H2;(H2,2,3,4). The summed E-state index contributed by atoms with van der Waals surface area (Å²) in [7, 11) is 0. The van der Waals surface area contributed by atoms with Gasteiger partial charge in [-0.25, -0.2) is 9.78 Å². The van der Waals surface area contributed by atoms with Gasteiger partial charge in [-0.3, -0.25) is 4.79 Å². The van der Waals surface area contributed by atoms with Crippen molar-refractivity contribution in [1.29, 1.82) is 0 Å². The molecular formula is C24H26F3N3O4S. The number of aromatic nitrogens is 2. The lowest BCUT2D eigenvalue weighted by molar-refractivity contribution is -0.134. The number of nitrogens with zero attached hydrogens (tertiary/aromatic N) is 3. The SMILES string of the molecule is O=C(CCCC1CC1)N1CCc2c(n(Cc3csc(C(F)(F)F)c3)c3ncccc23)C1.O=C(O)O. The molecule has 1 fully saturated rings. The van der Waals surface area contributed by atoms with E-state index in [9.17, 15) is 18.0 Å². The van der Waals surface area contributed by atoms with E-state index in [1.807, 2.05) is 21.6 Å². The maximum atomic E-state index is 13.0. The van der Waals surface area contributed by atoms with E-state index in [4.69, 9.17) is 15.0 Å². The first kappa shape index (κ1) is 25.0. The molecule has 7 nitrogen and oxygen atoms in total. The van der Waals surface area contributed by atoms with Gasteiger partial charge in [0, 0.05) is 30.2 Å². The second-order valence-electron chi connectivity index (χ2n) is 8.89. The lowest BCUT2D eigenvalue weighted by Gasteiger charge is -2.28. The summed E-state index contributed by atoms with van der Waals surface area (Å²) in [5.41, 5.74) is 3.54. The number of carbonyl (C=O) groups excluding carboxylic acids is 1. The van der Waals surface area contributed by atoms with Crippen molar-refractivity contribution in [2.75, 3.05) is 6.54 Å². The van der Waals surface area contributed by atoms with E-state index >= 15 is 0 Å². The van der Waals surface area contributed by atoms with E-state index in [1.165, 1.54) is 18.9 Å². The third-order valence-electron chi connectivity index (χ3n) is 6.34. The molecule has 4 heterocycles. The number of alkyl halides is 3. The molecule has 1 aliphatic carbocycles. The Morgan fingerprint density at radius 1 is 1.23 bits per heavy atom. The number of rotatable bonds is 6. The quantitative estimate of drug-likeness (QED) is 0.435. The molecule has 0 atom stereocenters. The van der Waals surface area contributed by atoms with E-state index in [0.717, 1.165) is 58.8 Å². The highest BCUT2D eigenvalue weighted by atomic mass is 32.1. The molecule has 11 heteroatoms. The molecule has 1 amide bonds. The molecule has 3 aromatic rings. The van der Waals surface area contributed by atoms with Gasteiger partial charge >= 0.3 is 12.3 Å². The number of halogens is 3. The van der Waals surface area contributed by atoms with Gasteiger partial charge < -0.3 is 19.7 Å². The summed E-state index contributed by atoms with van der Waals surface area (Å²) in [6, 6.07) is 5.11. The number of thiophene rings is 1. The van der Waals surface area contributed by atoms with Crippen LogP contribution in [-0.2, 0) is 30.5 Å². The van der Waals surface area contributed by atoms with Gasteiger partial charge in [0.05, 0.1) is 13.1 Å². The van der Waals surface area contributed by atoms with Crippen LogP contribution in [0.5, 0.6) is 0 Å². The van der Waals surface area contributed by atoms with Crippen LogP contribution in [0.25, 0.3) is 11.0 Å². The zero-order valence-corrected chi connectivity index (χ0v) is 19.7. The Hall–Kier alpha value is -3.08. The zero-order valence-electron chi connectivity index (χ0n) is 18.9. The monoisotopic (exact) mass is 509 g/mol. The third-order valence-corrected chi connectivity index (χ3v) is 7.36. The van der Waals surface area contributed by atoms with Gasteiger partial charge in [-0.15, -0.1) is 11.3 Å². The summed E-state index contributed by atoms with van der Waals surface area (Å²) in [5, 5.41) is 16.5. The maximum Gasteiger partial charge on any atom is 0.503 e. The first-order valence-corrected chi connectivity index (χ1v) is 12.3. The molecule has 5 rings (SSSR count). The summed E-state index contributed by atoms with van der Waals surface area (Å²) in [6.45, 7) is 1.49. The molecule has 1 saturated carbocycles. The number of fused-ring (bicyclic) bond motifs is 3. The number of carboxylic acid groups (broad SMARTS) is 2. The summed E-state index contributed by atoms with van der Waals surface area (Å²) < 4.78 is 41.1. The predicted molar refractivity (Wildman–Crippen MR) is 125 cm³/mol. The Morgan fingerprint density at radius 2 is 1.97 bits per heavy atom. The minimum absolute atomic E-state index is 0.172. The van der Waals surface area contributed by atoms with Crippen molar-refractivity contribution in [3.63, 3.8) is 0 Å². The highest BCUT2D eigenvalue weighted by Gasteiger charge is 2.33. The second-order valence-corrected chi connectivity index (χ2v) is 9.80. The van der Waals surface area contributed by atoms with E-state index in [2.05, 4.69) is 4.98 Å². The normalized spacial score (nSPS) is 15.5. The van der Waals surface area contributed by atoms with Gasteiger partial charge in [-0.2, -0.15) is 13.2 Å². The molecular weight excluding hydrogens is 483 g/mol. The molecule has 2 aliphatic rings. The summed E-state index contributed by atoms with van der Waals surface area (Å²) in [5.74, 6) is 0.993. The number of hydrogen-bond acceptors (Lipinski definition) is 4. The van der Waals surface area contributed by atoms with Gasteiger partial charge in [-0.05, 0) is 59.9 Å². The number of pyridine rings is 1. The molecule has 0 saturated heterocycles. The van der Waals surface area contributed by atoms with Crippen LogP contribution in [0.3, 0.4) is 0 Å².